The Bertz CT molecular complexity index is 1090. The van der Waals surface area contributed by atoms with Crippen LogP contribution in [0.3, 0.4) is 0 Å². The molecule has 0 aromatic heterocycles. The van der Waals surface area contributed by atoms with Crippen LogP contribution < -0.4 is 4.18 Å². The Hall–Kier alpha value is -2.59. The third-order valence-corrected chi connectivity index (χ3v) is 4.73. The topological polar surface area (TPSA) is 77.5 Å². The number of benzene rings is 2. The van der Waals surface area contributed by atoms with Crippen molar-refractivity contribution in [1.82, 2.24) is 0 Å². The molecule has 4 rings (SSSR count). The molecular weight excluding hydrogens is 399 g/mol. The van der Waals surface area contributed by atoms with E-state index in [0.29, 0.717) is 22.4 Å². The molecule has 148 valence electrons. The maximum Gasteiger partial charge on any atom is 0.416 e. The van der Waals surface area contributed by atoms with Gasteiger partial charge in [-0.3, -0.25) is 0 Å². The summed E-state index contributed by atoms with van der Waals surface area (Å²) in [6.45, 7) is 1.51. The second-order valence-electron chi connectivity index (χ2n) is 6.46. The van der Waals surface area contributed by atoms with Crippen molar-refractivity contribution in [2.75, 3.05) is 6.26 Å². The number of aryl methyl sites for hydroxylation is 1. The molecule has 1 saturated heterocycles. The number of alkyl halides is 3. The van der Waals surface area contributed by atoms with Crippen molar-refractivity contribution in [1.29, 1.82) is 0 Å². The summed E-state index contributed by atoms with van der Waals surface area (Å²) in [6, 6.07) is 7.91. The summed E-state index contributed by atoms with van der Waals surface area (Å²) in [4.78, 5) is 4.34. The standard InChI is InChI=1S/C18H14F3NO5S/c1-9-8-10(18(19,20)21)6-7-12(9)22-16-11-4-3-5-13(27-28(2,23)24)14(11)15-17(25-15)26-16/h3-8,15,17H,1-2H3. The maximum absolute atomic E-state index is 12.9. The van der Waals surface area contributed by atoms with Gasteiger partial charge >= 0.3 is 16.3 Å². The first-order valence-electron chi connectivity index (χ1n) is 8.14. The summed E-state index contributed by atoms with van der Waals surface area (Å²) >= 11 is 0. The van der Waals surface area contributed by atoms with Crippen LogP contribution in [0, 0.1) is 6.92 Å². The van der Waals surface area contributed by atoms with Crippen molar-refractivity contribution >= 4 is 21.7 Å². The molecular formula is C18H14F3NO5S. The van der Waals surface area contributed by atoms with E-state index in [1.165, 1.54) is 19.1 Å². The monoisotopic (exact) mass is 413 g/mol. The maximum atomic E-state index is 12.9. The largest absolute Gasteiger partial charge is 0.444 e. The summed E-state index contributed by atoms with van der Waals surface area (Å²) in [5, 5.41) is 0. The van der Waals surface area contributed by atoms with E-state index in [0.717, 1.165) is 18.4 Å². The fourth-order valence-electron chi connectivity index (χ4n) is 2.98. The Kier molecular flexibility index (Phi) is 4.16. The number of rotatable bonds is 3. The van der Waals surface area contributed by atoms with Gasteiger partial charge in [0, 0.05) is 11.1 Å². The average molecular weight is 413 g/mol. The minimum absolute atomic E-state index is 0.104. The summed E-state index contributed by atoms with van der Waals surface area (Å²) in [7, 11) is -3.76. The van der Waals surface area contributed by atoms with E-state index < -0.39 is 34.3 Å². The number of nitrogens with zero attached hydrogens (tertiary/aromatic N) is 1. The van der Waals surface area contributed by atoms with Crippen molar-refractivity contribution in [2.24, 2.45) is 4.99 Å². The van der Waals surface area contributed by atoms with Gasteiger partial charge in [0.1, 0.15) is 5.75 Å². The quantitative estimate of drug-likeness (QED) is 0.564. The Morgan fingerprint density at radius 3 is 2.57 bits per heavy atom. The Morgan fingerprint density at radius 2 is 1.93 bits per heavy atom. The van der Waals surface area contributed by atoms with Crippen molar-refractivity contribution in [3.05, 3.63) is 58.7 Å². The number of hydrogen-bond acceptors (Lipinski definition) is 6. The first-order chi connectivity index (χ1) is 13.0. The van der Waals surface area contributed by atoms with Gasteiger partial charge in [-0.25, -0.2) is 4.99 Å². The molecule has 0 amide bonds. The van der Waals surface area contributed by atoms with Crippen LogP contribution in [0.4, 0.5) is 18.9 Å². The van der Waals surface area contributed by atoms with Crippen molar-refractivity contribution < 1.29 is 35.2 Å². The smallest absolute Gasteiger partial charge is 0.416 e. The lowest BCUT2D eigenvalue weighted by atomic mass is 10.0. The van der Waals surface area contributed by atoms with Crippen molar-refractivity contribution in [2.45, 2.75) is 25.5 Å². The fraction of sp³-hybridized carbons (Fsp3) is 0.278. The second kappa shape index (κ2) is 6.21. The average Bonchev–Trinajstić information content (AvgIpc) is 3.33. The lowest BCUT2D eigenvalue weighted by molar-refractivity contribution is -0.137. The van der Waals surface area contributed by atoms with Crippen LogP contribution in [0.1, 0.15) is 28.4 Å². The molecule has 0 aliphatic carbocycles. The molecule has 6 nitrogen and oxygen atoms in total. The zero-order valence-electron chi connectivity index (χ0n) is 14.6. The predicted molar refractivity (Wildman–Crippen MR) is 93.0 cm³/mol. The number of fused-ring (bicyclic) bond motifs is 3. The van der Waals surface area contributed by atoms with E-state index in [4.69, 9.17) is 13.7 Å². The van der Waals surface area contributed by atoms with Crippen LogP contribution in [0.15, 0.2) is 41.4 Å². The Morgan fingerprint density at radius 1 is 1.18 bits per heavy atom. The lowest BCUT2D eigenvalue weighted by Gasteiger charge is -2.18. The van der Waals surface area contributed by atoms with Crippen LogP contribution in [0.5, 0.6) is 5.75 Å². The third kappa shape index (κ3) is 3.57. The predicted octanol–water partition coefficient (Wildman–Crippen LogP) is 3.86. The summed E-state index contributed by atoms with van der Waals surface area (Å²) in [6.07, 6.45) is -4.65. The molecule has 1 fully saturated rings. The van der Waals surface area contributed by atoms with Gasteiger partial charge in [-0.05, 0) is 42.8 Å². The van der Waals surface area contributed by atoms with Gasteiger partial charge in [0.15, 0.2) is 6.10 Å². The molecule has 0 spiro atoms. The minimum atomic E-state index is -4.45. The zero-order chi connectivity index (χ0) is 20.3. The van der Waals surface area contributed by atoms with Crippen LogP contribution >= 0.6 is 0 Å². The molecule has 2 aromatic rings. The van der Waals surface area contributed by atoms with E-state index in [-0.39, 0.29) is 11.6 Å². The number of epoxide rings is 1. The number of ether oxygens (including phenoxy) is 2. The highest BCUT2D eigenvalue weighted by atomic mass is 32.2. The van der Waals surface area contributed by atoms with Gasteiger partial charge < -0.3 is 13.7 Å². The molecule has 2 atom stereocenters. The molecule has 2 unspecified atom stereocenters. The highest BCUT2D eigenvalue weighted by Crippen LogP contribution is 2.49. The molecule has 0 saturated carbocycles. The molecule has 0 bridgehead atoms. The number of aliphatic imine (C=N–C) groups is 1. The highest BCUT2D eigenvalue weighted by molar-refractivity contribution is 7.86. The number of halogens is 3. The summed E-state index contributed by atoms with van der Waals surface area (Å²) < 4.78 is 77.6. The molecule has 2 aliphatic rings. The second-order valence-corrected chi connectivity index (χ2v) is 8.04. The van der Waals surface area contributed by atoms with Gasteiger partial charge in [0.05, 0.1) is 17.5 Å². The Balaban J connectivity index is 1.77. The highest BCUT2D eigenvalue weighted by Gasteiger charge is 2.51. The SMILES string of the molecule is Cc1cc(C(F)(F)F)ccc1N=C1OC2OC2c2c(OS(C)(=O)=O)cccc21. The van der Waals surface area contributed by atoms with Gasteiger partial charge in [0.2, 0.25) is 12.2 Å². The minimum Gasteiger partial charge on any atom is -0.444 e. The molecule has 0 N–H and O–H groups in total. The molecule has 2 heterocycles. The van der Waals surface area contributed by atoms with Crippen LogP contribution in [0.2, 0.25) is 0 Å². The first-order valence-corrected chi connectivity index (χ1v) is 9.96. The fourth-order valence-corrected chi connectivity index (χ4v) is 3.45. The van der Waals surface area contributed by atoms with Gasteiger partial charge in [0.25, 0.3) is 0 Å². The third-order valence-electron chi connectivity index (χ3n) is 4.25. The van der Waals surface area contributed by atoms with E-state index in [9.17, 15) is 21.6 Å². The zero-order valence-corrected chi connectivity index (χ0v) is 15.5. The van der Waals surface area contributed by atoms with Gasteiger partial charge in [-0.1, -0.05) is 6.07 Å². The van der Waals surface area contributed by atoms with E-state index >= 15 is 0 Å². The van der Waals surface area contributed by atoms with E-state index in [1.54, 1.807) is 12.1 Å². The lowest BCUT2D eigenvalue weighted by Crippen LogP contribution is -2.19. The van der Waals surface area contributed by atoms with Gasteiger partial charge in [-0.2, -0.15) is 21.6 Å². The summed E-state index contributed by atoms with van der Waals surface area (Å²) in [5.74, 6) is 0.225. The van der Waals surface area contributed by atoms with E-state index in [1.807, 2.05) is 0 Å². The molecule has 2 aromatic carbocycles. The van der Waals surface area contributed by atoms with E-state index in [2.05, 4.69) is 4.99 Å². The Labute approximate surface area is 158 Å². The van der Waals surface area contributed by atoms with Crippen LogP contribution in [0.25, 0.3) is 0 Å². The normalized spacial score (nSPS) is 22.2. The van der Waals surface area contributed by atoms with Crippen LogP contribution in [-0.4, -0.2) is 26.9 Å². The molecule has 28 heavy (non-hydrogen) atoms. The summed E-state index contributed by atoms with van der Waals surface area (Å²) in [5.41, 5.74) is 0.775. The van der Waals surface area contributed by atoms with Gasteiger partial charge in [-0.15, -0.1) is 0 Å². The number of hydrogen-bond donors (Lipinski definition) is 0. The van der Waals surface area contributed by atoms with Crippen LogP contribution in [-0.2, 0) is 25.8 Å². The molecule has 0 radical (unpaired) electrons. The van der Waals surface area contributed by atoms with Crippen molar-refractivity contribution in [3.63, 3.8) is 0 Å². The first kappa shape index (κ1) is 18.8. The molecule has 10 heteroatoms. The van der Waals surface area contributed by atoms with Crippen molar-refractivity contribution in [3.8, 4) is 5.75 Å². The molecule has 2 aliphatic heterocycles.